The number of benzene rings is 1. The first-order valence-electron chi connectivity index (χ1n) is 6.30. The van der Waals surface area contributed by atoms with Crippen molar-refractivity contribution in [3.8, 4) is 11.3 Å². The SMILES string of the molecule is COCCNCCc1ncc(-c2ccc(Br)cc2F)o1. The fourth-order valence-electron chi connectivity index (χ4n) is 1.73. The highest BCUT2D eigenvalue weighted by Gasteiger charge is 2.11. The van der Waals surface area contributed by atoms with Gasteiger partial charge in [-0.1, -0.05) is 15.9 Å². The minimum Gasteiger partial charge on any atom is -0.441 e. The van der Waals surface area contributed by atoms with Gasteiger partial charge in [-0.2, -0.15) is 0 Å². The number of nitrogens with zero attached hydrogens (tertiary/aromatic N) is 1. The van der Waals surface area contributed by atoms with Gasteiger partial charge < -0.3 is 14.5 Å². The molecule has 0 spiro atoms. The zero-order chi connectivity index (χ0) is 14.4. The maximum absolute atomic E-state index is 13.8. The van der Waals surface area contributed by atoms with Crippen LogP contribution in [0.5, 0.6) is 0 Å². The summed E-state index contributed by atoms with van der Waals surface area (Å²) in [4.78, 5) is 4.16. The van der Waals surface area contributed by atoms with E-state index in [2.05, 4.69) is 26.2 Å². The summed E-state index contributed by atoms with van der Waals surface area (Å²) >= 11 is 3.22. The smallest absolute Gasteiger partial charge is 0.196 e. The van der Waals surface area contributed by atoms with Crippen LogP contribution in [-0.2, 0) is 11.2 Å². The Kier molecular flexibility index (Phi) is 5.70. The van der Waals surface area contributed by atoms with Crippen LogP contribution >= 0.6 is 15.9 Å². The van der Waals surface area contributed by atoms with E-state index in [1.165, 1.54) is 6.07 Å². The maximum atomic E-state index is 13.8. The summed E-state index contributed by atoms with van der Waals surface area (Å²) in [7, 11) is 1.66. The molecule has 4 nitrogen and oxygen atoms in total. The van der Waals surface area contributed by atoms with Crippen molar-refractivity contribution < 1.29 is 13.5 Å². The molecule has 0 aliphatic carbocycles. The van der Waals surface area contributed by atoms with Crippen molar-refractivity contribution in [1.82, 2.24) is 10.3 Å². The lowest BCUT2D eigenvalue weighted by molar-refractivity contribution is 0.199. The van der Waals surface area contributed by atoms with Gasteiger partial charge in [0.2, 0.25) is 0 Å². The Labute approximate surface area is 125 Å². The second-order valence-corrected chi connectivity index (χ2v) is 5.15. The van der Waals surface area contributed by atoms with Crippen LogP contribution in [0.2, 0.25) is 0 Å². The molecule has 0 saturated heterocycles. The number of hydrogen-bond donors (Lipinski definition) is 1. The molecule has 1 aromatic carbocycles. The summed E-state index contributed by atoms with van der Waals surface area (Å²) in [6.07, 6.45) is 2.21. The average molecular weight is 343 g/mol. The van der Waals surface area contributed by atoms with E-state index in [1.807, 2.05) is 0 Å². The highest BCUT2D eigenvalue weighted by Crippen LogP contribution is 2.26. The van der Waals surface area contributed by atoms with Gasteiger partial charge in [-0.25, -0.2) is 9.37 Å². The number of rotatable bonds is 7. The molecular formula is C14H16BrFN2O2. The number of nitrogens with one attached hydrogen (secondary N) is 1. The summed E-state index contributed by atoms with van der Waals surface area (Å²) in [5.41, 5.74) is 0.416. The van der Waals surface area contributed by atoms with Gasteiger partial charge >= 0.3 is 0 Å². The number of oxazole rings is 1. The van der Waals surface area contributed by atoms with E-state index in [1.54, 1.807) is 25.4 Å². The Hall–Kier alpha value is -1.24. The predicted octanol–water partition coefficient (Wildman–Crippen LogP) is 3.02. The molecule has 1 heterocycles. The van der Waals surface area contributed by atoms with Crippen molar-refractivity contribution in [3.05, 3.63) is 40.6 Å². The molecule has 0 fully saturated rings. The lowest BCUT2D eigenvalue weighted by Crippen LogP contribution is -2.21. The molecule has 2 aromatic rings. The lowest BCUT2D eigenvalue weighted by Gasteiger charge is -2.01. The molecule has 0 atom stereocenters. The average Bonchev–Trinajstić information content (AvgIpc) is 2.87. The number of hydrogen-bond acceptors (Lipinski definition) is 4. The van der Waals surface area contributed by atoms with Crippen LogP contribution in [0.15, 0.2) is 33.3 Å². The van der Waals surface area contributed by atoms with E-state index >= 15 is 0 Å². The van der Waals surface area contributed by atoms with Gasteiger partial charge in [0.1, 0.15) is 5.82 Å². The Morgan fingerprint density at radius 3 is 3.00 bits per heavy atom. The third kappa shape index (κ3) is 4.13. The minimum atomic E-state index is -0.333. The van der Waals surface area contributed by atoms with Gasteiger partial charge in [0, 0.05) is 31.1 Å². The third-order valence-electron chi connectivity index (χ3n) is 2.75. The second-order valence-electron chi connectivity index (χ2n) is 4.24. The number of aromatic nitrogens is 1. The number of ether oxygens (including phenoxy) is 1. The fraction of sp³-hybridized carbons (Fsp3) is 0.357. The summed E-state index contributed by atoms with van der Waals surface area (Å²) in [5.74, 6) is 0.703. The summed E-state index contributed by atoms with van der Waals surface area (Å²) < 4.78 is 25.0. The summed E-state index contributed by atoms with van der Waals surface area (Å²) in [6.45, 7) is 2.19. The van der Waals surface area contributed by atoms with Crippen molar-refractivity contribution in [2.24, 2.45) is 0 Å². The van der Waals surface area contributed by atoms with Crippen LogP contribution in [0.25, 0.3) is 11.3 Å². The predicted molar refractivity (Wildman–Crippen MR) is 78.0 cm³/mol. The van der Waals surface area contributed by atoms with Crippen molar-refractivity contribution >= 4 is 15.9 Å². The Bertz CT molecular complexity index is 560. The molecule has 0 amide bonds. The molecule has 2 rings (SSSR count). The first kappa shape index (κ1) is 15.2. The van der Waals surface area contributed by atoms with E-state index in [0.29, 0.717) is 34.7 Å². The Balaban J connectivity index is 1.95. The zero-order valence-corrected chi connectivity index (χ0v) is 12.7. The largest absolute Gasteiger partial charge is 0.441 e. The third-order valence-corrected chi connectivity index (χ3v) is 3.24. The fourth-order valence-corrected chi connectivity index (χ4v) is 2.07. The van der Waals surface area contributed by atoms with Gasteiger partial charge in [0.15, 0.2) is 11.7 Å². The van der Waals surface area contributed by atoms with Gasteiger partial charge in [-0.3, -0.25) is 0 Å². The van der Waals surface area contributed by atoms with E-state index < -0.39 is 0 Å². The number of methoxy groups -OCH3 is 1. The van der Waals surface area contributed by atoms with Crippen LogP contribution in [0.3, 0.4) is 0 Å². The van der Waals surface area contributed by atoms with Crippen molar-refractivity contribution in [3.63, 3.8) is 0 Å². The lowest BCUT2D eigenvalue weighted by atomic mass is 10.2. The van der Waals surface area contributed by atoms with Gasteiger partial charge in [-0.15, -0.1) is 0 Å². The molecule has 0 bridgehead atoms. The van der Waals surface area contributed by atoms with E-state index in [-0.39, 0.29) is 5.82 Å². The van der Waals surface area contributed by atoms with Crippen LogP contribution in [0, 0.1) is 5.82 Å². The van der Waals surface area contributed by atoms with Crippen LogP contribution < -0.4 is 5.32 Å². The van der Waals surface area contributed by atoms with E-state index in [0.717, 1.165) is 13.1 Å². The van der Waals surface area contributed by atoms with Crippen molar-refractivity contribution in [1.29, 1.82) is 0 Å². The molecule has 1 N–H and O–H groups in total. The highest BCUT2D eigenvalue weighted by molar-refractivity contribution is 9.10. The molecule has 0 aliphatic heterocycles. The van der Waals surface area contributed by atoms with E-state index in [9.17, 15) is 4.39 Å². The molecule has 108 valence electrons. The summed E-state index contributed by atoms with van der Waals surface area (Å²) in [6, 6.07) is 4.84. The number of halogens is 2. The van der Waals surface area contributed by atoms with Gasteiger partial charge in [-0.05, 0) is 18.2 Å². The first-order chi connectivity index (χ1) is 9.70. The Morgan fingerprint density at radius 1 is 1.40 bits per heavy atom. The normalized spacial score (nSPS) is 10.9. The minimum absolute atomic E-state index is 0.333. The molecule has 1 aromatic heterocycles. The first-order valence-corrected chi connectivity index (χ1v) is 7.10. The molecule has 0 radical (unpaired) electrons. The molecule has 0 aliphatic rings. The molecule has 20 heavy (non-hydrogen) atoms. The van der Waals surface area contributed by atoms with E-state index in [4.69, 9.17) is 9.15 Å². The second kappa shape index (κ2) is 7.52. The monoisotopic (exact) mass is 342 g/mol. The molecule has 6 heteroatoms. The summed E-state index contributed by atoms with van der Waals surface area (Å²) in [5, 5.41) is 3.20. The van der Waals surface area contributed by atoms with Crippen LogP contribution in [-0.4, -0.2) is 31.8 Å². The maximum Gasteiger partial charge on any atom is 0.196 e. The van der Waals surface area contributed by atoms with Crippen LogP contribution in [0.4, 0.5) is 4.39 Å². The van der Waals surface area contributed by atoms with Gasteiger partial charge in [0.05, 0.1) is 18.4 Å². The van der Waals surface area contributed by atoms with Crippen molar-refractivity contribution in [2.75, 3.05) is 26.8 Å². The molecule has 0 unspecified atom stereocenters. The van der Waals surface area contributed by atoms with Crippen LogP contribution in [0.1, 0.15) is 5.89 Å². The quantitative estimate of drug-likeness (QED) is 0.785. The standard InChI is InChI=1S/C14H16BrFN2O2/c1-19-7-6-17-5-4-14-18-9-13(20-14)11-3-2-10(15)8-12(11)16/h2-3,8-9,17H,4-7H2,1H3. The Morgan fingerprint density at radius 2 is 2.25 bits per heavy atom. The zero-order valence-electron chi connectivity index (χ0n) is 11.2. The molecular weight excluding hydrogens is 327 g/mol. The highest BCUT2D eigenvalue weighted by atomic mass is 79.9. The topological polar surface area (TPSA) is 47.3 Å². The van der Waals surface area contributed by atoms with Gasteiger partial charge in [0.25, 0.3) is 0 Å². The molecule has 0 saturated carbocycles. The van der Waals surface area contributed by atoms with Crippen molar-refractivity contribution in [2.45, 2.75) is 6.42 Å².